The first-order valence-electron chi connectivity index (χ1n) is 8.17. The van der Waals surface area contributed by atoms with Gasteiger partial charge >= 0.3 is 0 Å². The van der Waals surface area contributed by atoms with Crippen LogP contribution in [-0.4, -0.2) is 18.9 Å². The molecule has 0 N–H and O–H groups in total. The Kier molecular flexibility index (Phi) is 2.56. The van der Waals surface area contributed by atoms with Crippen molar-refractivity contribution >= 4 is 38.9 Å². The van der Waals surface area contributed by atoms with E-state index < -0.39 is 0 Å². The molecule has 2 aromatic carbocycles. The number of aromatic nitrogens is 4. The molecule has 5 aromatic rings. The fourth-order valence-electron chi connectivity index (χ4n) is 3.64. The molecule has 0 spiro atoms. The number of aryl methyl sites for hydroxylation is 3. The van der Waals surface area contributed by atoms with Gasteiger partial charge in [-0.3, -0.25) is 4.40 Å². The van der Waals surface area contributed by atoms with E-state index in [1.165, 1.54) is 11.1 Å². The lowest BCUT2D eigenvalue weighted by Crippen LogP contribution is -1.92. The SMILES string of the molecule is Cc1cc2nc3c(C#N)c4n(C)c5ccccc5n4c3nc2cc1C. The van der Waals surface area contributed by atoms with Gasteiger partial charge in [0, 0.05) is 7.05 Å². The molecule has 5 nitrogen and oxygen atoms in total. The fraction of sp³-hybridized carbons (Fsp3) is 0.150. The maximum Gasteiger partial charge on any atom is 0.167 e. The molecule has 5 rings (SSSR count). The highest BCUT2D eigenvalue weighted by Crippen LogP contribution is 2.31. The number of para-hydroxylation sites is 2. The molecule has 120 valence electrons. The Hall–Kier alpha value is -3.39. The van der Waals surface area contributed by atoms with Gasteiger partial charge in [0.25, 0.3) is 0 Å². The molecule has 0 bridgehead atoms. The van der Waals surface area contributed by atoms with E-state index in [0.717, 1.165) is 33.4 Å². The topological polar surface area (TPSA) is 58.9 Å². The Morgan fingerprint density at radius 1 is 0.960 bits per heavy atom. The zero-order valence-electron chi connectivity index (χ0n) is 14.2. The van der Waals surface area contributed by atoms with Crippen LogP contribution in [0.15, 0.2) is 36.4 Å². The van der Waals surface area contributed by atoms with E-state index in [0.29, 0.717) is 11.1 Å². The summed E-state index contributed by atoms with van der Waals surface area (Å²) in [5.41, 5.74) is 8.94. The Morgan fingerprint density at radius 3 is 2.28 bits per heavy atom. The molecule has 0 amide bonds. The summed E-state index contributed by atoms with van der Waals surface area (Å²) in [5, 5.41) is 9.80. The van der Waals surface area contributed by atoms with E-state index in [1.54, 1.807) is 0 Å². The average Bonchev–Trinajstić information content (AvgIpc) is 3.08. The first kappa shape index (κ1) is 14.0. The van der Waals surface area contributed by atoms with E-state index in [2.05, 4.69) is 38.1 Å². The molecule has 25 heavy (non-hydrogen) atoms. The van der Waals surface area contributed by atoms with Crippen LogP contribution in [-0.2, 0) is 7.05 Å². The molecule has 0 fully saturated rings. The van der Waals surface area contributed by atoms with Gasteiger partial charge in [-0.05, 0) is 49.2 Å². The molecule has 0 atom stereocenters. The summed E-state index contributed by atoms with van der Waals surface area (Å²) in [5.74, 6) is 0. The molecule has 0 aliphatic carbocycles. The molecule has 0 aliphatic heterocycles. The van der Waals surface area contributed by atoms with Gasteiger partial charge in [0.1, 0.15) is 22.8 Å². The van der Waals surface area contributed by atoms with Crippen molar-refractivity contribution in [2.75, 3.05) is 0 Å². The Balaban J connectivity index is 2.10. The summed E-state index contributed by atoms with van der Waals surface area (Å²) in [6, 6.07) is 14.6. The third kappa shape index (κ3) is 1.66. The van der Waals surface area contributed by atoms with Crippen LogP contribution >= 0.6 is 0 Å². The fourth-order valence-corrected chi connectivity index (χ4v) is 3.64. The van der Waals surface area contributed by atoms with Crippen LogP contribution < -0.4 is 0 Å². The molecule has 0 saturated heterocycles. The van der Waals surface area contributed by atoms with Crippen molar-refractivity contribution in [2.45, 2.75) is 13.8 Å². The highest BCUT2D eigenvalue weighted by Gasteiger charge is 2.21. The lowest BCUT2D eigenvalue weighted by Gasteiger charge is -2.03. The van der Waals surface area contributed by atoms with E-state index in [9.17, 15) is 5.26 Å². The van der Waals surface area contributed by atoms with Crippen molar-refractivity contribution in [1.82, 2.24) is 18.9 Å². The number of nitrogens with zero attached hydrogens (tertiary/aromatic N) is 5. The van der Waals surface area contributed by atoms with Gasteiger partial charge in [-0.25, -0.2) is 9.97 Å². The molecule has 0 unspecified atom stereocenters. The predicted molar refractivity (Wildman–Crippen MR) is 98.7 cm³/mol. The smallest absolute Gasteiger partial charge is 0.167 e. The summed E-state index contributed by atoms with van der Waals surface area (Å²) in [4.78, 5) is 9.66. The molecule has 0 saturated carbocycles. The first-order valence-corrected chi connectivity index (χ1v) is 8.17. The summed E-state index contributed by atoms with van der Waals surface area (Å²) in [6.45, 7) is 4.14. The number of fused-ring (bicyclic) bond motifs is 6. The zero-order valence-corrected chi connectivity index (χ0v) is 14.2. The average molecular weight is 325 g/mol. The highest BCUT2D eigenvalue weighted by molar-refractivity contribution is 5.99. The van der Waals surface area contributed by atoms with Gasteiger partial charge in [-0.15, -0.1) is 0 Å². The van der Waals surface area contributed by atoms with Crippen LogP contribution in [0.5, 0.6) is 0 Å². The van der Waals surface area contributed by atoms with Crippen LogP contribution in [0.4, 0.5) is 0 Å². The molecule has 0 aliphatic rings. The largest absolute Gasteiger partial charge is 0.328 e. The number of hydrogen-bond acceptors (Lipinski definition) is 3. The monoisotopic (exact) mass is 325 g/mol. The molecule has 0 radical (unpaired) electrons. The maximum absolute atomic E-state index is 9.80. The Morgan fingerprint density at radius 2 is 1.60 bits per heavy atom. The minimum atomic E-state index is 0.571. The second-order valence-corrected chi connectivity index (χ2v) is 6.51. The van der Waals surface area contributed by atoms with Crippen molar-refractivity contribution in [3.8, 4) is 6.07 Å². The molecular weight excluding hydrogens is 310 g/mol. The third-order valence-electron chi connectivity index (χ3n) is 5.06. The molecule has 3 heterocycles. The van der Waals surface area contributed by atoms with Gasteiger partial charge < -0.3 is 4.57 Å². The minimum Gasteiger partial charge on any atom is -0.328 e. The van der Waals surface area contributed by atoms with Crippen LogP contribution in [0.1, 0.15) is 16.7 Å². The van der Waals surface area contributed by atoms with Gasteiger partial charge in [0.05, 0.1) is 22.1 Å². The van der Waals surface area contributed by atoms with E-state index in [4.69, 9.17) is 9.97 Å². The summed E-state index contributed by atoms with van der Waals surface area (Å²) >= 11 is 0. The predicted octanol–water partition coefficient (Wildman–Crippen LogP) is 4.02. The van der Waals surface area contributed by atoms with E-state index in [-0.39, 0.29) is 0 Å². The standard InChI is InChI=1S/C20H15N5/c1-11-8-14-15(9-12(11)2)23-19-18(22-14)13(10-21)20-24(3)16-6-4-5-7-17(16)25(19)20/h4-9H,1-3H3. The van der Waals surface area contributed by atoms with Gasteiger partial charge in [0.2, 0.25) is 0 Å². The van der Waals surface area contributed by atoms with Crippen LogP contribution in [0.3, 0.4) is 0 Å². The first-order chi connectivity index (χ1) is 12.1. The maximum atomic E-state index is 9.80. The Bertz CT molecular complexity index is 1380. The van der Waals surface area contributed by atoms with Gasteiger partial charge in [0.15, 0.2) is 5.65 Å². The quantitative estimate of drug-likeness (QED) is 0.432. The van der Waals surface area contributed by atoms with Gasteiger partial charge in [-0.1, -0.05) is 12.1 Å². The van der Waals surface area contributed by atoms with E-state index in [1.807, 2.05) is 34.2 Å². The number of nitriles is 1. The summed E-state index contributed by atoms with van der Waals surface area (Å²) < 4.78 is 4.09. The van der Waals surface area contributed by atoms with Crippen molar-refractivity contribution in [3.05, 3.63) is 53.1 Å². The molecule has 3 aromatic heterocycles. The lowest BCUT2D eigenvalue weighted by molar-refractivity contribution is 0.993. The third-order valence-corrected chi connectivity index (χ3v) is 5.06. The molecule has 5 heteroatoms. The van der Waals surface area contributed by atoms with Crippen LogP contribution in [0, 0.1) is 25.2 Å². The van der Waals surface area contributed by atoms with Crippen molar-refractivity contribution in [2.24, 2.45) is 7.05 Å². The van der Waals surface area contributed by atoms with Crippen LogP contribution in [0.2, 0.25) is 0 Å². The minimum absolute atomic E-state index is 0.571. The number of rotatable bonds is 0. The van der Waals surface area contributed by atoms with Crippen molar-refractivity contribution in [3.63, 3.8) is 0 Å². The van der Waals surface area contributed by atoms with Crippen LogP contribution in [0.25, 0.3) is 38.9 Å². The number of hydrogen-bond donors (Lipinski definition) is 0. The zero-order chi connectivity index (χ0) is 17.3. The van der Waals surface area contributed by atoms with Gasteiger partial charge in [-0.2, -0.15) is 5.26 Å². The molecular formula is C20H15N5. The van der Waals surface area contributed by atoms with Crippen molar-refractivity contribution < 1.29 is 0 Å². The highest BCUT2D eigenvalue weighted by atomic mass is 15.2. The second kappa shape index (κ2) is 4.58. The summed E-state index contributed by atoms with van der Waals surface area (Å²) in [6.07, 6.45) is 0. The normalized spacial score (nSPS) is 11.8. The number of imidazole rings is 1. The lowest BCUT2D eigenvalue weighted by atomic mass is 10.1. The Labute approximate surface area is 143 Å². The second-order valence-electron chi connectivity index (χ2n) is 6.51. The van der Waals surface area contributed by atoms with E-state index >= 15 is 0 Å². The van der Waals surface area contributed by atoms with Crippen molar-refractivity contribution in [1.29, 1.82) is 5.26 Å². The summed E-state index contributed by atoms with van der Waals surface area (Å²) in [7, 11) is 1.98. The number of benzene rings is 2.